The van der Waals surface area contributed by atoms with Crippen LogP contribution in [0.4, 0.5) is 13.2 Å². The Morgan fingerprint density at radius 2 is 2.11 bits per heavy atom. The second kappa shape index (κ2) is 8.26. The Balaban J connectivity index is 0.00000261. The number of benzene rings is 1. The van der Waals surface area contributed by atoms with Gasteiger partial charge >= 0.3 is 6.18 Å². The summed E-state index contributed by atoms with van der Waals surface area (Å²) in [5, 5.41) is 7.66. The largest absolute Gasteiger partial charge is 0.416 e. The van der Waals surface area contributed by atoms with Crippen LogP contribution in [0.5, 0.6) is 0 Å². The van der Waals surface area contributed by atoms with Crippen molar-refractivity contribution >= 4 is 18.3 Å². The number of carbonyl (C=O) groups is 1. The second-order valence-corrected chi connectivity index (χ2v) is 6.61. The van der Waals surface area contributed by atoms with Crippen LogP contribution in [-0.4, -0.2) is 44.9 Å². The van der Waals surface area contributed by atoms with Crippen molar-refractivity contribution in [2.75, 3.05) is 13.1 Å². The van der Waals surface area contributed by atoms with E-state index in [9.17, 15) is 18.0 Å². The molecular weight excluding hydrogens is 383 g/mol. The number of halogens is 4. The highest BCUT2D eigenvalue weighted by atomic mass is 35.5. The first-order chi connectivity index (χ1) is 12.3. The number of hydrogen-bond acceptors (Lipinski definition) is 4. The molecule has 6 nitrogen and oxygen atoms in total. The van der Waals surface area contributed by atoms with Gasteiger partial charge in [0.15, 0.2) is 5.69 Å². The summed E-state index contributed by atoms with van der Waals surface area (Å²) < 4.78 is 39.7. The van der Waals surface area contributed by atoms with E-state index in [1.807, 2.05) is 0 Å². The second-order valence-electron chi connectivity index (χ2n) is 6.61. The Morgan fingerprint density at radius 1 is 1.37 bits per heavy atom. The smallest absolute Gasteiger partial charge is 0.333 e. The summed E-state index contributed by atoms with van der Waals surface area (Å²) in [4.78, 5) is 14.4. The average molecular weight is 404 g/mol. The van der Waals surface area contributed by atoms with Crippen LogP contribution in [0.2, 0.25) is 0 Å². The van der Waals surface area contributed by atoms with Crippen LogP contribution < -0.4 is 5.73 Å². The summed E-state index contributed by atoms with van der Waals surface area (Å²) >= 11 is 0. The average Bonchev–Trinajstić information content (AvgIpc) is 3.10. The number of nitrogens with zero attached hydrogens (tertiary/aromatic N) is 4. The molecule has 0 spiro atoms. The molecule has 2 atom stereocenters. The maximum absolute atomic E-state index is 12.9. The fourth-order valence-corrected chi connectivity index (χ4v) is 3.20. The van der Waals surface area contributed by atoms with Crippen LogP contribution in [0.3, 0.4) is 0 Å². The lowest BCUT2D eigenvalue weighted by Gasteiger charge is -2.37. The first-order valence-corrected chi connectivity index (χ1v) is 8.40. The summed E-state index contributed by atoms with van der Waals surface area (Å²) in [5.74, 6) is 0.193. The molecule has 0 aliphatic carbocycles. The van der Waals surface area contributed by atoms with E-state index in [0.29, 0.717) is 19.0 Å². The van der Waals surface area contributed by atoms with E-state index in [1.165, 1.54) is 23.0 Å². The Labute approximate surface area is 160 Å². The van der Waals surface area contributed by atoms with Gasteiger partial charge in [0.2, 0.25) is 0 Å². The zero-order chi connectivity index (χ0) is 18.9. The lowest BCUT2D eigenvalue weighted by molar-refractivity contribution is -0.137. The zero-order valence-corrected chi connectivity index (χ0v) is 15.5. The fourth-order valence-electron chi connectivity index (χ4n) is 3.20. The Kier molecular flexibility index (Phi) is 6.48. The summed E-state index contributed by atoms with van der Waals surface area (Å²) in [5.41, 5.74) is 5.28. The Bertz CT molecular complexity index is 795. The van der Waals surface area contributed by atoms with Crippen LogP contribution >= 0.6 is 12.4 Å². The lowest BCUT2D eigenvalue weighted by Crippen LogP contribution is -2.49. The van der Waals surface area contributed by atoms with Gasteiger partial charge in [0.1, 0.15) is 0 Å². The molecule has 1 amide bonds. The standard InChI is InChI=1S/C17H20F3N5O.ClH/c1-11-5-6-24(14(7-11)9-21)16(26)15-10-25(23-22-15)13-4-2-3-12(8-13)17(18,19)20;/h2-4,8,10-11,14H,5-7,9,21H2,1H3;1H. The Hall–Kier alpha value is -2.13. The molecule has 1 aliphatic rings. The molecule has 2 N–H and O–H groups in total. The highest BCUT2D eigenvalue weighted by molar-refractivity contribution is 5.92. The molecule has 1 fully saturated rings. The third-order valence-electron chi connectivity index (χ3n) is 4.66. The number of aromatic nitrogens is 3. The first kappa shape index (κ1) is 21.2. The van der Waals surface area contributed by atoms with Crippen molar-refractivity contribution in [2.24, 2.45) is 11.7 Å². The molecular formula is C17H21ClF3N5O. The summed E-state index contributed by atoms with van der Waals surface area (Å²) in [6.45, 7) is 3.06. The third kappa shape index (κ3) is 4.59. The normalized spacial score (nSPS) is 20.3. The van der Waals surface area contributed by atoms with Gasteiger partial charge in [0.05, 0.1) is 17.4 Å². The Morgan fingerprint density at radius 3 is 2.78 bits per heavy atom. The number of piperidine rings is 1. The van der Waals surface area contributed by atoms with Crippen molar-refractivity contribution in [1.82, 2.24) is 19.9 Å². The highest BCUT2D eigenvalue weighted by Gasteiger charge is 2.32. The van der Waals surface area contributed by atoms with E-state index in [-0.39, 0.29) is 35.7 Å². The number of alkyl halides is 3. The summed E-state index contributed by atoms with van der Waals surface area (Å²) in [6, 6.07) is 4.65. The van der Waals surface area contributed by atoms with Gasteiger partial charge in [0.25, 0.3) is 5.91 Å². The van der Waals surface area contributed by atoms with Gasteiger partial charge in [-0.25, -0.2) is 4.68 Å². The van der Waals surface area contributed by atoms with Gasteiger partial charge in [0, 0.05) is 19.1 Å². The molecule has 27 heavy (non-hydrogen) atoms. The molecule has 2 heterocycles. The van der Waals surface area contributed by atoms with Crippen LogP contribution in [-0.2, 0) is 6.18 Å². The molecule has 0 bridgehead atoms. The first-order valence-electron chi connectivity index (χ1n) is 8.40. The maximum Gasteiger partial charge on any atom is 0.416 e. The van der Waals surface area contributed by atoms with E-state index in [1.54, 1.807) is 4.90 Å². The molecule has 1 saturated heterocycles. The van der Waals surface area contributed by atoms with Gasteiger partial charge in [-0.1, -0.05) is 18.2 Å². The van der Waals surface area contributed by atoms with E-state index in [0.717, 1.165) is 25.0 Å². The predicted molar refractivity (Wildman–Crippen MR) is 95.9 cm³/mol. The monoisotopic (exact) mass is 403 g/mol. The SMILES string of the molecule is CC1CCN(C(=O)c2cn(-c3cccc(C(F)(F)F)c3)nn2)C(CN)C1.Cl. The van der Waals surface area contributed by atoms with Crippen molar-refractivity contribution in [2.45, 2.75) is 32.0 Å². The topological polar surface area (TPSA) is 77.0 Å². The molecule has 1 aromatic heterocycles. The van der Waals surface area contributed by atoms with E-state index in [2.05, 4.69) is 17.2 Å². The minimum atomic E-state index is -4.45. The molecule has 2 aromatic rings. The van der Waals surface area contributed by atoms with E-state index < -0.39 is 11.7 Å². The van der Waals surface area contributed by atoms with Crippen molar-refractivity contribution in [3.63, 3.8) is 0 Å². The molecule has 0 radical (unpaired) electrons. The molecule has 3 rings (SSSR count). The van der Waals surface area contributed by atoms with E-state index in [4.69, 9.17) is 5.73 Å². The third-order valence-corrected chi connectivity index (χ3v) is 4.66. The molecule has 148 valence electrons. The van der Waals surface area contributed by atoms with Gasteiger partial charge in [-0.3, -0.25) is 4.79 Å². The zero-order valence-electron chi connectivity index (χ0n) is 14.7. The van der Waals surface area contributed by atoms with Gasteiger partial charge in [-0.05, 0) is 37.0 Å². The number of rotatable bonds is 3. The van der Waals surface area contributed by atoms with Gasteiger partial charge < -0.3 is 10.6 Å². The van der Waals surface area contributed by atoms with Gasteiger partial charge in [-0.15, -0.1) is 17.5 Å². The van der Waals surface area contributed by atoms with Crippen molar-refractivity contribution in [1.29, 1.82) is 0 Å². The summed E-state index contributed by atoms with van der Waals surface area (Å²) in [7, 11) is 0. The number of likely N-dealkylation sites (tertiary alicyclic amines) is 1. The van der Waals surface area contributed by atoms with Crippen LogP contribution in [0.15, 0.2) is 30.5 Å². The lowest BCUT2D eigenvalue weighted by atomic mass is 9.92. The molecule has 1 aliphatic heterocycles. The van der Waals surface area contributed by atoms with Crippen LogP contribution in [0.25, 0.3) is 5.69 Å². The van der Waals surface area contributed by atoms with Crippen LogP contribution in [0.1, 0.15) is 35.8 Å². The predicted octanol–water partition coefficient (Wildman–Crippen LogP) is 2.91. The quantitative estimate of drug-likeness (QED) is 0.854. The van der Waals surface area contributed by atoms with Crippen LogP contribution in [0, 0.1) is 5.92 Å². The maximum atomic E-state index is 12.9. The minimum absolute atomic E-state index is 0. The van der Waals surface area contributed by atoms with Crippen molar-refractivity contribution < 1.29 is 18.0 Å². The molecule has 10 heteroatoms. The minimum Gasteiger partial charge on any atom is -0.333 e. The van der Waals surface area contributed by atoms with Crippen molar-refractivity contribution in [3.8, 4) is 5.69 Å². The number of hydrogen-bond donors (Lipinski definition) is 1. The molecule has 1 aromatic carbocycles. The highest BCUT2D eigenvalue weighted by Crippen LogP contribution is 2.30. The number of carbonyl (C=O) groups excluding carboxylic acids is 1. The molecule has 2 unspecified atom stereocenters. The van der Waals surface area contributed by atoms with E-state index >= 15 is 0 Å². The van der Waals surface area contributed by atoms with Gasteiger partial charge in [-0.2, -0.15) is 13.2 Å². The van der Waals surface area contributed by atoms with Crippen molar-refractivity contribution in [3.05, 3.63) is 41.7 Å². The number of nitrogens with two attached hydrogens (primary N) is 1. The number of amides is 1. The fraction of sp³-hybridized carbons (Fsp3) is 0.471. The summed E-state index contributed by atoms with van der Waals surface area (Å²) in [6.07, 6.45) is -1.40. The molecule has 0 saturated carbocycles.